The molecule has 3 N–H and O–H groups in total. The van der Waals surface area contributed by atoms with Gasteiger partial charge >= 0.3 is 0 Å². The molecule has 20 heavy (non-hydrogen) atoms. The van der Waals surface area contributed by atoms with Crippen LogP contribution >= 0.6 is 23.7 Å². The fourth-order valence-corrected chi connectivity index (χ4v) is 2.37. The van der Waals surface area contributed by atoms with E-state index in [1.165, 1.54) is 16.2 Å². The van der Waals surface area contributed by atoms with Gasteiger partial charge in [-0.1, -0.05) is 6.92 Å². The number of aromatic nitrogens is 1. The molecule has 114 valence electrons. The minimum atomic E-state index is -0.204. The van der Waals surface area contributed by atoms with Gasteiger partial charge in [-0.3, -0.25) is 9.59 Å². The van der Waals surface area contributed by atoms with E-state index >= 15 is 0 Å². The van der Waals surface area contributed by atoms with Crippen molar-refractivity contribution in [2.24, 2.45) is 5.73 Å². The molecule has 0 aliphatic rings. The van der Waals surface area contributed by atoms with Crippen LogP contribution in [-0.4, -0.2) is 48.4 Å². The Balaban J connectivity index is 0.00000361. The summed E-state index contributed by atoms with van der Waals surface area (Å²) in [6.07, 6.45) is 1.46. The summed E-state index contributed by atoms with van der Waals surface area (Å²) in [6, 6.07) is 0. The SMILES string of the molecule is CCCN(CC(=O)NC)C(=O)c1csc(CCN)n1.Cl. The third kappa shape index (κ3) is 5.44. The Bertz CT molecular complexity index is 439. The van der Waals surface area contributed by atoms with E-state index < -0.39 is 0 Å². The zero-order valence-electron chi connectivity index (χ0n) is 11.7. The molecule has 0 aliphatic carbocycles. The Morgan fingerprint density at radius 2 is 2.20 bits per heavy atom. The standard InChI is InChI=1S/C12H20N4O2S.ClH/c1-3-6-16(7-10(17)14-2)12(18)9-8-19-11(15-9)4-5-13;/h8H,3-7,13H2,1-2H3,(H,14,17);1H. The maximum Gasteiger partial charge on any atom is 0.273 e. The van der Waals surface area contributed by atoms with Gasteiger partial charge in [0, 0.05) is 25.4 Å². The molecule has 0 aromatic carbocycles. The second-order valence-electron chi connectivity index (χ2n) is 4.07. The minimum absolute atomic E-state index is 0. The molecule has 1 rings (SSSR count). The van der Waals surface area contributed by atoms with Crippen LogP contribution in [-0.2, 0) is 11.2 Å². The van der Waals surface area contributed by atoms with Crippen molar-refractivity contribution in [1.82, 2.24) is 15.2 Å². The number of amides is 2. The van der Waals surface area contributed by atoms with Gasteiger partial charge in [0.2, 0.25) is 5.91 Å². The maximum absolute atomic E-state index is 12.3. The predicted octanol–water partition coefficient (Wildman–Crippen LogP) is 0.664. The molecule has 0 saturated heterocycles. The Kier molecular flexibility index (Phi) is 9.11. The molecule has 1 aromatic rings. The van der Waals surface area contributed by atoms with Gasteiger partial charge in [0.05, 0.1) is 11.6 Å². The van der Waals surface area contributed by atoms with Gasteiger partial charge in [-0.25, -0.2) is 4.98 Å². The second kappa shape index (κ2) is 9.68. The normalized spacial score (nSPS) is 9.75. The molecule has 0 saturated carbocycles. The van der Waals surface area contributed by atoms with Crippen LogP contribution in [0.15, 0.2) is 5.38 Å². The number of hydrogen-bond acceptors (Lipinski definition) is 5. The highest BCUT2D eigenvalue weighted by Crippen LogP contribution is 2.12. The van der Waals surface area contributed by atoms with E-state index in [-0.39, 0.29) is 30.8 Å². The lowest BCUT2D eigenvalue weighted by atomic mass is 10.3. The number of carbonyl (C=O) groups is 2. The molecule has 0 radical (unpaired) electrons. The first-order chi connectivity index (χ1) is 9.12. The van der Waals surface area contributed by atoms with E-state index in [0.29, 0.717) is 25.2 Å². The highest BCUT2D eigenvalue weighted by molar-refractivity contribution is 7.09. The maximum atomic E-state index is 12.3. The van der Waals surface area contributed by atoms with Crippen molar-refractivity contribution in [3.8, 4) is 0 Å². The average molecular weight is 321 g/mol. The predicted molar refractivity (Wildman–Crippen MR) is 82.4 cm³/mol. The van der Waals surface area contributed by atoms with Gasteiger partial charge in [0.15, 0.2) is 0 Å². The van der Waals surface area contributed by atoms with Crippen LogP contribution in [0.2, 0.25) is 0 Å². The molecular formula is C12H21ClN4O2S. The molecule has 0 atom stereocenters. The van der Waals surface area contributed by atoms with Crippen molar-refractivity contribution in [2.75, 3.05) is 26.7 Å². The molecular weight excluding hydrogens is 300 g/mol. The van der Waals surface area contributed by atoms with Crippen LogP contribution in [0.4, 0.5) is 0 Å². The van der Waals surface area contributed by atoms with Crippen molar-refractivity contribution in [3.05, 3.63) is 16.1 Å². The van der Waals surface area contributed by atoms with Gasteiger partial charge in [-0.15, -0.1) is 23.7 Å². The molecule has 0 aliphatic heterocycles. The van der Waals surface area contributed by atoms with Crippen molar-refractivity contribution in [3.63, 3.8) is 0 Å². The van der Waals surface area contributed by atoms with E-state index in [1.54, 1.807) is 12.4 Å². The second-order valence-corrected chi connectivity index (χ2v) is 5.01. The number of nitrogens with zero attached hydrogens (tertiary/aromatic N) is 2. The number of thiazole rings is 1. The smallest absolute Gasteiger partial charge is 0.273 e. The molecule has 6 nitrogen and oxygen atoms in total. The first kappa shape index (κ1) is 18.8. The van der Waals surface area contributed by atoms with E-state index in [0.717, 1.165) is 11.4 Å². The highest BCUT2D eigenvalue weighted by atomic mass is 35.5. The number of nitrogens with one attached hydrogen (secondary N) is 1. The molecule has 0 unspecified atom stereocenters. The lowest BCUT2D eigenvalue weighted by Gasteiger charge is -2.19. The Morgan fingerprint density at radius 3 is 2.75 bits per heavy atom. The van der Waals surface area contributed by atoms with E-state index in [1.807, 2.05) is 6.92 Å². The van der Waals surface area contributed by atoms with Crippen molar-refractivity contribution in [1.29, 1.82) is 0 Å². The van der Waals surface area contributed by atoms with Crippen molar-refractivity contribution in [2.45, 2.75) is 19.8 Å². The third-order valence-corrected chi connectivity index (χ3v) is 3.43. The number of hydrogen-bond donors (Lipinski definition) is 2. The molecule has 0 spiro atoms. The summed E-state index contributed by atoms with van der Waals surface area (Å²) >= 11 is 1.42. The summed E-state index contributed by atoms with van der Waals surface area (Å²) in [6.45, 7) is 3.08. The van der Waals surface area contributed by atoms with E-state index in [2.05, 4.69) is 10.3 Å². The molecule has 0 fully saturated rings. The van der Waals surface area contributed by atoms with E-state index in [4.69, 9.17) is 5.73 Å². The first-order valence-electron chi connectivity index (χ1n) is 6.26. The number of likely N-dealkylation sites (N-methyl/N-ethyl adjacent to an activating group) is 1. The van der Waals surface area contributed by atoms with Crippen LogP contribution in [0.25, 0.3) is 0 Å². The summed E-state index contributed by atoms with van der Waals surface area (Å²) in [5.74, 6) is -0.385. The van der Waals surface area contributed by atoms with Gasteiger partial charge in [-0.2, -0.15) is 0 Å². The minimum Gasteiger partial charge on any atom is -0.358 e. The van der Waals surface area contributed by atoms with Crippen LogP contribution in [0.1, 0.15) is 28.8 Å². The number of rotatable bonds is 7. The Hall–Kier alpha value is -1.18. The number of nitrogens with two attached hydrogens (primary N) is 1. The van der Waals surface area contributed by atoms with Gasteiger partial charge in [0.1, 0.15) is 5.69 Å². The zero-order chi connectivity index (χ0) is 14.3. The summed E-state index contributed by atoms with van der Waals surface area (Å²) < 4.78 is 0. The fraction of sp³-hybridized carbons (Fsp3) is 0.583. The van der Waals surface area contributed by atoms with Gasteiger partial charge in [0.25, 0.3) is 5.91 Å². The van der Waals surface area contributed by atoms with Crippen LogP contribution in [0.3, 0.4) is 0 Å². The highest BCUT2D eigenvalue weighted by Gasteiger charge is 2.20. The molecule has 1 heterocycles. The lowest BCUT2D eigenvalue weighted by Crippen LogP contribution is -2.40. The number of carbonyl (C=O) groups excluding carboxylic acids is 2. The van der Waals surface area contributed by atoms with Crippen LogP contribution < -0.4 is 11.1 Å². The van der Waals surface area contributed by atoms with E-state index in [9.17, 15) is 9.59 Å². The quantitative estimate of drug-likeness (QED) is 0.772. The summed E-state index contributed by atoms with van der Waals surface area (Å²) in [5.41, 5.74) is 5.85. The first-order valence-corrected chi connectivity index (χ1v) is 7.14. The molecule has 0 bridgehead atoms. The molecule has 1 aromatic heterocycles. The Morgan fingerprint density at radius 1 is 1.50 bits per heavy atom. The zero-order valence-corrected chi connectivity index (χ0v) is 13.4. The molecule has 2 amide bonds. The summed E-state index contributed by atoms with van der Waals surface area (Å²) in [4.78, 5) is 29.4. The fourth-order valence-electron chi connectivity index (χ4n) is 1.58. The molecule has 8 heteroatoms. The van der Waals surface area contributed by atoms with Gasteiger partial charge < -0.3 is 16.0 Å². The van der Waals surface area contributed by atoms with Crippen LogP contribution in [0, 0.1) is 0 Å². The van der Waals surface area contributed by atoms with Crippen molar-refractivity contribution >= 4 is 35.6 Å². The van der Waals surface area contributed by atoms with Crippen LogP contribution in [0.5, 0.6) is 0 Å². The largest absolute Gasteiger partial charge is 0.358 e. The van der Waals surface area contributed by atoms with Crippen molar-refractivity contribution < 1.29 is 9.59 Å². The third-order valence-electron chi connectivity index (χ3n) is 2.52. The lowest BCUT2D eigenvalue weighted by molar-refractivity contribution is -0.121. The topological polar surface area (TPSA) is 88.3 Å². The monoisotopic (exact) mass is 320 g/mol. The van der Waals surface area contributed by atoms with Gasteiger partial charge in [-0.05, 0) is 13.0 Å². The average Bonchev–Trinajstić information content (AvgIpc) is 2.86. The Labute approximate surface area is 129 Å². The summed E-state index contributed by atoms with van der Waals surface area (Å²) in [7, 11) is 1.55. The summed E-state index contributed by atoms with van der Waals surface area (Å²) in [5, 5.41) is 5.09. The number of halogens is 1.